The Hall–Kier alpha value is -1.03. The van der Waals surface area contributed by atoms with Crippen molar-refractivity contribution in [2.24, 2.45) is 0 Å². The van der Waals surface area contributed by atoms with Crippen molar-refractivity contribution >= 4 is 27.5 Å². The molecule has 0 saturated heterocycles. The SMILES string of the molecule is OC(CCc1ccc2c(c1)CCO2)c1ccc(Br)cc1Cl. The number of halogens is 2. The van der Waals surface area contributed by atoms with E-state index in [2.05, 4.69) is 28.1 Å². The first kappa shape index (κ1) is 14.9. The molecule has 3 rings (SSSR count). The Morgan fingerprint density at radius 1 is 1.24 bits per heavy atom. The van der Waals surface area contributed by atoms with E-state index in [1.54, 1.807) is 0 Å². The maximum Gasteiger partial charge on any atom is 0.122 e. The first-order valence-corrected chi connectivity index (χ1v) is 8.18. The molecule has 1 aliphatic heterocycles. The van der Waals surface area contributed by atoms with Gasteiger partial charge in [0.25, 0.3) is 0 Å². The van der Waals surface area contributed by atoms with Gasteiger partial charge in [-0.3, -0.25) is 0 Å². The summed E-state index contributed by atoms with van der Waals surface area (Å²) in [6, 6.07) is 11.9. The maximum absolute atomic E-state index is 10.3. The molecular weight excluding hydrogens is 352 g/mol. The molecule has 1 atom stereocenters. The van der Waals surface area contributed by atoms with Gasteiger partial charge >= 0.3 is 0 Å². The minimum atomic E-state index is -0.546. The second kappa shape index (κ2) is 6.39. The second-order valence-corrected chi connectivity index (χ2v) is 6.58. The number of ether oxygens (including phenoxy) is 1. The van der Waals surface area contributed by atoms with E-state index in [1.165, 1.54) is 11.1 Å². The minimum absolute atomic E-state index is 0.546. The fourth-order valence-electron chi connectivity index (χ4n) is 2.63. The number of aryl methyl sites for hydroxylation is 1. The molecule has 2 aromatic rings. The Morgan fingerprint density at radius 3 is 2.90 bits per heavy atom. The lowest BCUT2D eigenvalue weighted by Gasteiger charge is -2.13. The summed E-state index contributed by atoms with van der Waals surface area (Å²) in [5.41, 5.74) is 3.28. The number of fused-ring (bicyclic) bond motifs is 1. The zero-order chi connectivity index (χ0) is 14.8. The van der Waals surface area contributed by atoms with Crippen molar-refractivity contribution in [2.75, 3.05) is 6.61 Å². The molecular formula is C17H16BrClO2. The van der Waals surface area contributed by atoms with Crippen molar-refractivity contribution in [2.45, 2.75) is 25.4 Å². The number of aliphatic hydroxyl groups is 1. The van der Waals surface area contributed by atoms with E-state index in [0.29, 0.717) is 11.4 Å². The topological polar surface area (TPSA) is 29.5 Å². The molecule has 21 heavy (non-hydrogen) atoms. The predicted octanol–water partition coefficient (Wildman–Crippen LogP) is 4.70. The summed E-state index contributed by atoms with van der Waals surface area (Å²) in [5.74, 6) is 0.996. The largest absolute Gasteiger partial charge is 0.493 e. The predicted molar refractivity (Wildman–Crippen MR) is 88.1 cm³/mol. The van der Waals surface area contributed by atoms with Crippen LogP contribution in [0, 0.1) is 0 Å². The number of hydrogen-bond donors (Lipinski definition) is 1. The lowest BCUT2D eigenvalue weighted by atomic mass is 9.99. The molecule has 1 N–H and O–H groups in total. The van der Waals surface area contributed by atoms with Crippen molar-refractivity contribution < 1.29 is 9.84 Å². The highest BCUT2D eigenvalue weighted by molar-refractivity contribution is 9.10. The van der Waals surface area contributed by atoms with Crippen molar-refractivity contribution in [1.29, 1.82) is 0 Å². The Balaban J connectivity index is 1.67. The summed E-state index contributed by atoms with van der Waals surface area (Å²) in [6.07, 6.45) is 1.90. The van der Waals surface area contributed by atoms with Crippen LogP contribution in [0.2, 0.25) is 5.02 Å². The second-order valence-electron chi connectivity index (χ2n) is 5.26. The van der Waals surface area contributed by atoms with Gasteiger partial charge < -0.3 is 9.84 Å². The van der Waals surface area contributed by atoms with Crippen molar-refractivity contribution in [1.82, 2.24) is 0 Å². The molecule has 110 valence electrons. The number of benzene rings is 2. The Morgan fingerprint density at radius 2 is 2.10 bits per heavy atom. The van der Waals surface area contributed by atoms with Crippen LogP contribution in [0.1, 0.15) is 29.2 Å². The summed E-state index contributed by atoms with van der Waals surface area (Å²) >= 11 is 9.55. The van der Waals surface area contributed by atoms with Crippen LogP contribution in [-0.2, 0) is 12.8 Å². The molecule has 1 aliphatic rings. The molecule has 2 nitrogen and oxygen atoms in total. The van der Waals surface area contributed by atoms with Crippen molar-refractivity contribution in [3.8, 4) is 5.75 Å². The highest BCUT2D eigenvalue weighted by Gasteiger charge is 2.14. The smallest absolute Gasteiger partial charge is 0.122 e. The van der Waals surface area contributed by atoms with Crippen LogP contribution in [0.15, 0.2) is 40.9 Å². The summed E-state index contributed by atoms with van der Waals surface area (Å²) in [5, 5.41) is 10.9. The zero-order valence-corrected chi connectivity index (χ0v) is 13.8. The lowest BCUT2D eigenvalue weighted by molar-refractivity contribution is 0.168. The first-order chi connectivity index (χ1) is 10.1. The third kappa shape index (κ3) is 3.42. The molecule has 0 aromatic heterocycles. The van der Waals surface area contributed by atoms with E-state index in [0.717, 1.165) is 35.2 Å². The molecule has 4 heteroatoms. The third-order valence-corrected chi connectivity index (χ3v) is 4.60. The van der Waals surface area contributed by atoms with E-state index < -0.39 is 6.10 Å². The average Bonchev–Trinajstić information content (AvgIpc) is 2.92. The fraction of sp³-hybridized carbons (Fsp3) is 0.294. The molecule has 0 radical (unpaired) electrons. The normalized spacial score (nSPS) is 14.6. The third-order valence-electron chi connectivity index (χ3n) is 3.78. The van der Waals surface area contributed by atoms with Gasteiger partial charge in [-0.25, -0.2) is 0 Å². The van der Waals surface area contributed by atoms with Crippen molar-refractivity contribution in [3.63, 3.8) is 0 Å². The van der Waals surface area contributed by atoms with Gasteiger partial charge in [0, 0.05) is 15.9 Å². The van der Waals surface area contributed by atoms with Crippen LogP contribution in [-0.4, -0.2) is 11.7 Å². The average molecular weight is 368 g/mol. The summed E-state index contributed by atoms with van der Waals surface area (Å²) in [6.45, 7) is 0.774. The number of aliphatic hydroxyl groups excluding tert-OH is 1. The van der Waals surface area contributed by atoms with Crippen LogP contribution in [0.4, 0.5) is 0 Å². The van der Waals surface area contributed by atoms with Crippen LogP contribution >= 0.6 is 27.5 Å². The molecule has 1 heterocycles. The van der Waals surface area contributed by atoms with Gasteiger partial charge in [-0.05, 0) is 47.7 Å². The molecule has 0 fully saturated rings. The van der Waals surface area contributed by atoms with Crippen LogP contribution < -0.4 is 4.74 Å². The van der Waals surface area contributed by atoms with Crippen LogP contribution in [0.3, 0.4) is 0 Å². The molecule has 1 unspecified atom stereocenters. The van der Waals surface area contributed by atoms with Gasteiger partial charge in [0.15, 0.2) is 0 Å². The molecule has 2 aromatic carbocycles. The van der Waals surface area contributed by atoms with Gasteiger partial charge in [0.05, 0.1) is 12.7 Å². The van der Waals surface area contributed by atoms with E-state index in [1.807, 2.05) is 24.3 Å². The van der Waals surface area contributed by atoms with Crippen LogP contribution in [0.5, 0.6) is 5.75 Å². The molecule has 0 amide bonds. The van der Waals surface area contributed by atoms with Crippen LogP contribution in [0.25, 0.3) is 0 Å². The Kier molecular flexibility index (Phi) is 4.53. The van der Waals surface area contributed by atoms with E-state index in [-0.39, 0.29) is 0 Å². The van der Waals surface area contributed by atoms with Gasteiger partial charge in [-0.1, -0.05) is 45.7 Å². The first-order valence-electron chi connectivity index (χ1n) is 7.01. The summed E-state index contributed by atoms with van der Waals surface area (Å²) in [4.78, 5) is 0. The van der Waals surface area contributed by atoms with E-state index >= 15 is 0 Å². The van der Waals surface area contributed by atoms with Crippen molar-refractivity contribution in [3.05, 3.63) is 62.6 Å². The molecule has 0 spiro atoms. The Labute approximate surface area is 137 Å². The highest BCUT2D eigenvalue weighted by atomic mass is 79.9. The molecule has 0 aliphatic carbocycles. The van der Waals surface area contributed by atoms with Gasteiger partial charge in [-0.15, -0.1) is 0 Å². The van der Waals surface area contributed by atoms with Gasteiger partial charge in [-0.2, -0.15) is 0 Å². The molecule has 0 bridgehead atoms. The van der Waals surface area contributed by atoms with E-state index in [4.69, 9.17) is 16.3 Å². The molecule has 0 saturated carbocycles. The van der Waals surface area contributed by atoms with Gasteiger partial charge in [0.2, 0.25) is 0 Å². The van der Waals surface area contributed by atoms with E-state index in [9.17, 15) is 5.11 Å². The fourth-order valence-corrected chi connectivity index (χ4v) is 3.43. The van der Waals surface area contributed by atoms with Gasteiger partial charge in [0.1, 0.15) is 5.75 Å². The Bertz CT molecular complexity index is 657. The maximum atomic E-state index is 10.3. The number of hydrogen-bond acceptors (Lipinski definition) is 2. The minimum Gasteiger partial charge on any atom is -0.493 e. The summed E-state index contributed by atoms with van der Waals surface area (Å²) < 4.78 is 6.42. The zero-order valence-electron chi connectivity index (χ0n) is 11.5. The lowest BCUT2D eigenvalue weighted by Crippen LogP contribution is -2.01. The number of rotatable bonds is 4. The quantitative estimate of drug-likeness (QED) is 0.848. The highest BCUT2D eigenvalue weighted by Crippen LogP contribution is 2.30. The monoisotopic (exact) mass is 366 g/mol. The standard InChI is InChI=1S/C17H16BrClO2/c18-13-3-4-14(15(19)10-13)16(20)5-1-11-2-6-17-12(9-11)7-8-21-17/h2-4,6,9-10,16,20H,1,5,7-8H2. The summed E-state index contributed by atoms with van der Waals surface area (Å²) in [7, 11) is 0.